The van der Waals surface area contributed by atoms with Crippen LogP contribution in [0, 0.1) is 11.8 Å². The zero-order valence-corrected chi connectivity index (χ0v) is 15.1. The fourth-order valence-corrected chi connectivity index (χ4v) is 2.53. The quantitative estimate of drug-likeness (QED) is 0.683. The molecule has 1 rings (SSSR count). The van der Waals surface area contributed by atoms with Gasteiger partial charge in [0.15, 0.2) is 0 Å². The minimum Gasteiger partial charge on any atom is -0.381 e. The van der Waals surface area contributed by atoms with Gasteiger partial charge in [-0.05, 0) is 18.9 Å². The lowest BCUT2D eigenvalue weighted by atomic mass is 9.95. The number of carbonyl (C=O) groups excluding carboxylic acids is 1. The Morgan fingerprint density at radius 1 is 1.25 bits per heavy atom. The predicted molar refractivity (Wildman–Crippen MR) is 99.3 cm³/mol. The van der Waals surface area contributed by atoms with Gasteiger partial charge >= 0.3 is 0 Å². The average Bonchev–Trinajstić information content (AvgIpc) is 2.57. The zero-order valence-electron chi connectivity index (χ0n) is 15.1. The molecule has 0 aliphatic heterocycles. The number of benzene rings is 1. The van der Waals surface area contributed by atoms with Crippen LogP contribution in [0.4, 0.5) is 0 Å². The molecule has 0 saturated carbocycles. The highest BCUT2D eigenvalue weighted by Gasteiger charge is 2.16. The topological polar surface area (TPSA) is 78.3 Å². The van der Waals surface area contributed by atoms with E-state index in [0.717, 1.165) is 12.0 Å². The average molecular weight is 330 g/mol. The first-order chi connectivity index (χ1) is 11.3. The van der Waals surface area contributed by atoms with Crippen molar-refractivity contribution in [3.63, 3.8) is 0 Å². The second-order valence-corrected chi connectivity index (χ2v) is 6.36. The molecule has 4 heteroatoms. The highest BCUT2D eigenvalue weighted by molar-refractivity contribution is 5.77. The summed E-state index contributed by atoms with van der Waals surface area (Å²) in [5.74, 6) is -0.509. The molecule has 1 aromatic carbocycles. The first kappa shape index (κ1) is 20.1. The van der Waals surface area contributed by atoms with Gasteiger partial charge in [-0.3, -0.25) is 4.79 Å². The van der Waals surface area contributed by atoms with Gasteiger partial charge in [-0.15, -0.1) is 0 Å². The van der Waals surface area contributed by atoms with Crippen LogP contribution in [0.5, 0.6) is 0 Å². The minimum atomic E-state index is -0.385. The summed E-state index contributed by atoms with van der Waals surface area (Å²) in [5, 5.41) is 0. The lowest BCUT2D eigenvalue weighted by molar-refractivity contribution is -0.121. The molecule has 0 aliphatic rings. The van der Waals surface area contributed by atoms with Gasteiger partial charge in [-0.25, -0.2) is 0 Å². The van der Waals surface area contributed by atoms with Crippen molar-refractivity contribution in [3.05, 3.63) is 59.7 Å². The van der Waals surface area contributed by atoms with Crippen LogP contribution in [0.2, 0.25) is 0 Å². The van der Waals surface area contributed by atoms with Gasteiger partial charge in [0, 0.05) is 19.1 Å². The molecule has 0 radical (unpaired) electrons. The number of rotatable bonds is 9. The van der Waals surface area contributed by atoms with Gasteiger partial charge in [0.05, 0.1) is 12.0 Å². The van der Waals surface area contributed by atoms with Crippen LogP contribution in [-0.4, -0.2) is 25.2 Å². The SMILES string of the molecule is CO[C@H](Cc1ccccc1)[C@H](C)/C=C(C)/C=C/[C@H](N)[C@H](C)C(N)=O. The van der Waals surface area contributed by atoms with Gasteiger partial charge in [-0.2, -0.15) is 0 Å². The Bertz CT molecular complexity index is 566. The molecule has 0 spiro atoms. The molecule has 0 unspecified atom stereocenters. The van der Waals surface area contributed by atoms with E-state index >= 15 is 0 Å². The van der Waals surface area contributed by atoms with E-state index in [1.807, 2.05) is 37.3 Å². The lowest BCUT2D eigenvalue weighted by Gasteiger charge is -2.21. The van der Waals surface area contributed by atoms with Crippen molar-refractivity contribution in [3.8, 4) is 0 Å². The van der Waals surface area contributed by atoms with Gasteiger partial charge in [-0.1, -0.05) is 68.0 Å². The van der Waals surface area contributed by atoms with Gasteiger partial charge in [0.2, 0.25) is 5.91 Å². The molecule has 24 heavy (non-hydrogen) atoms. The van der Waals surface area contributed by atoms with Crippen molar-refractivity contribution in [2.45, 2.75) is 39.3 Å². The highest BCUT2D eigenvalue weighted by Crippen LogP contribution is 2.17. The number of hydrogen-bond donors (Lipinski definition) is 2. The molecule has 0 aliphatic carbocycles. The third kappa shape index (κ3) is 6.69. The summed E-state index contributed by atoms with van der Waals surface area (Å²) in [7, 11) is 1.74. The Hall–Kier alpha value is -1.91. The maximum atomic E-state index is 11.1. The van der Waals surface area contributed by atoms with E-state index in [-0.39, 0.29) is 29.9 Å². The van der Waals surface area contributed by atoms with Gasteiger partial charge in [0.1, 0.15) is 0 Å². The van der Waals surface area contributed by atoms with E-state index in [4.69, 9.17) is 16.2 Å². The van der Waals surface area contributed by atoms with Crippen LogP contribution in [-0.2, 0) is 16.0 Å². The molecule has 4 nitrogen and oxygen atoms in total. The standard InChI is InChI=1S/C20H30N2O2/c1-14(10-11-18(21)16(3)20(22)23)12-15(2)19(24-4)13-17-8-6-5-7-9-17/h5-12,15-16,18-19H,13,21H2,1-4H3,(H2,22,23)/b11-10+,14-12+/t15-,16+,18+,19-/m1/s1. The molecular formula is C20H30N2O2. The van der Waals surface area contributed by atoms with Crippen molar-refractivity contribution in [2.24, 2.45) is 23.3 Å². The lowest BCUT2D eigenvalue weighted by Crippen LogP contribution is -2.35. The number of amides is 1. The fraction of sp³-hybridized carbons (Fsp3) is 0.450. The van der Waals surface area contributed by atoms with E-state index in [9.17, 15) is 4.79 Å². The number of carbonyl (C=O) groups is 1. The molecule has 0 aromatic heterocycles. The van der Waals surface area contributed by atoms with Crippen LogP contribution in [0.15, 0.2) is 54.1 Å². The van der Waals surface area contributed by atoms with Crippen molar-refractivity contribution in [2.75, 3.05) is 7.11 Å². The molecule has 1 amide bonds. The first-order valence-corrected chi connectivity index (χ1v) is 8.33. The van der Waals surface area contributed by atoms with Crippen molar-refractivity contribution in [1.29, 1.82) is 0 Å². The second kappa shape index (κ2) is 10.1. The Balaban J connectivity index is 2.69. The van der Waals surface area contributed by atoms with Gasteiger partial charge < -0.3 is 16.2 Å². The second-order valence-electron chi connectivity index (χ2n) is 6.36. The van der Waals surface area contributed by atoms with Crippen LogP contribution in [0.25, 0.3) is 0 Å². The summed E-state index contributed by atoms with van der Waals surface area (Å²) >= 11 is 0. The summed E-state index contributed by atoms with van der Waals surface area (Å²) in [4.78, 5) is 11.1. The largest absolute Gasteiger partial charge is 0.381 e. The van der Waals surface area contributed by atoms with E-state index in [1.54, 1.807) is 14.0 Å². The Kier molecular flexibility index (Phi) is 8.44. The minimum absolute atomic E-state index is 0.106. The molecule has 0 saturated heterocycles. The van der Waals surface area contributed by atoms with Crippen molar-refractivity contribution < 1.29 is 9.53 Å². The Morgan fingerprint density at radius 3 is 2.42 bits per heavy atom. The molecule has 4 atom stereocenters. The number of methoxy groups -OCH3 is 1. The summed E-state index contributed by atoms with van der Waals surface area (Å²) in [6.45, 7) is 5.89. The number of primary amides is 1. The molecule has 4 N–H and O–H groups in total. The van der Waals surface area contributed by atoms with Crippen LogP contribution >= 0.6 is 0 Å². The first-order valence-electron chi connectivity index (χ1n) is 8.33. The summed E-state index contributed by atoms with van der Waals surface area (Å²) < 4.78 is 5.66. The van der Waals surface area contributed by atoms with Crippen molar-refractivity contribution in [1.82, 2.24) is 0 Å². The summed E-state index contributed by atoms with van der Waals surface area (Å²) in [6.07, 6.45) is 6.90. The Morgan fingerprint density at radius 2 is 1.88 bits per heavy atom. The molecular weight excluding hydrogens is 300 g/mol. The normalized spacial score (nSPS) is 17.5. The third-order valence-corrected chi connectivity index (χ3v) is 4.30. The number of ether oxygens (including phenoxy) is 1. The third-order valence-electron chi connectivity index (χ3n) is 4.30. The Labute approximate surface area is 145 Å². The van der Waals surface area contributed by atoms with Crippen LogP contribution in [0.1, 0.15) is 26.3 Å². The van der Waals surface area contributed by atoms with E-state index in [0.29, 0.717) is 0 Å². The maximum Gasteiger partial charge on any atom is 0.222 e. The molecule has 0 fully saturated rings. The summed E-state index contributed by atoms with van der Waals surface area (Å²) in [6, 6.07) is 9.94. The fourth-order valence-electron chi connectivity index (χ4n) is 2.53. The monoisotopic (exact) mass is 330 g/mol. The number of hydrogen-bond acceptors (Lipinski definition) is 3. The van der Waals surface area contributed by atoms with E-state index in [1.165, 1.54) is 5.56 Å². The number of nitrogens with two attached hydrogens (primary N) is 2. The van der Waals surface area contributed by atoms with E-state index < -0.39 is 0 Å². The van der Waals surface area contributed by atoms with Crippen LogP contribution in [0.3, 0.4) is 0 Å². The maximum absolute atomic E-state index is 11.1. The smallest absolute Gasteiger partial charge is 0.222 e. The molecule has 0 heterocycles. The van der Waals surface area contributed by atoms with Gasteiger partial charge in [0.25, 0.3) is 0 Å². The van der Waals surface area contributed by atoms with Crippen molar-refractivity contribution >= 4 is 5.91 Å². The number of allylic oxidation sites excluding steroid dienone is 2. The molecule has 0 bridgehead atoms. The molecule has 1 aromatic rings. The van der Waals surface area contributed by atoms with Crippen LogP contribution < -0.4 is 11.5 Å². The summed E-state index contributed by atoms with van der Waals surface area (Å²) in [5.41, 5.74) is 13.6. The zero-order chi connectivity index (χ0) is 18.1. The molecule has 132 valence electrons. The van der Waals surface area contributed by atoms with E-state index in [2.05, 4.69) is 25.1 Å². The highest BCUT2D eigenvalue weighted by atomic mass is 16.5. The predicted octanol–water partition coefficient (Wildman–Crippen LogP) is 2.83.